The third-order valence-electron chi connectivity index (χ3n) is 5.28. The van der Waals surface area contributed by atoms with Gasteiger partial charge in [-0.1, -0.05) is 35.9 Å². The number of hydrogen-bond donors (Lipinski definition) is 0. The molecular weight excluding hydrogens is 618 g/mol. The molecule has 0 bridgehead atoms. The molecule has 0 aromatic heterocycles. The zero-order valence-corrected chi connectivity index (χ0v) is 22.5. The number of nitrogens with zero attached hydrogens (tertiary/aromatic N) is 2. The van der Waals surface area contributed by atoms with Gasteiger partial charge in [0, 0.05) is 10.6 Å². The monoisotopic (exact) mass is 634 g/mol. The molecule has 1 aliphatic heterocycles. The number of amides is 2. The lowest BCUT2D eigenvalue weighted by Crippen LogP contribution is -2.27. The lowest BCUT2D eigenvalue weighted by atomic mass is 10.1. The molecule has 182 valence electrons. The standard InChI is InChI=1S/C26H17ClFIN2O4S/c1-34-22-9-15(8-21(29)24(22)35-14-18-5-3-2-4-16(18)12-30)10-23-25(32)31(26(33)36-23)13-17-6-7-19(28)11-20(17)27/h2-11H,13-14H2,1H3/b23-10-. The zero-order valence-electron chi connectivity index (χ0n) is 18.8. The first kappa shape index (κ1) is 26.0. The summed E-state index contributed by atoms with van der Waals surface area (Å²) < 4.78 is 25.5. The summed E-state index contributed by atoms with van der Waals surface area (Å²) in [7, 11) is 1.51. The number of rotatable bonds is 7. The number of nitriles is 1. The molecular formula is C26H17ClFIN2O4S. The maximum Gasteiger partial charge on any atom is 0.293 e. The van der Waals surface area contributed by atoms with Crippen LogP contribution in [0.15, 0.2) is 59.5 Å². The molecule has 0 atom stereocenters. The molecule has 0 radical (unpaired) electrons. The van der Waals surface area contributed by atoms with Crippen LogP contribution >= 0.6 is 46.0 Å². The van der Waals surface area contributed by atoms with Crippen LogP contribution in [0.5, 0.6) is 11.5 Å². The van der Waals surface area contributed by atoms with Gasteiger partial charge >= 0.3 is 0 Å². The van der Waals surface area contributed by atoms with E-state index in [0.717, 1.165) is 31.9 Å². The lowest BCUT2D eigenvalue weighted by Gasteiger charge is -2.14. The van der Waals surface area contributed by atoms with E-state index in [2.05, 4.69) is 28.7 Å². The van der Waals surface area contributed by atoms with Gasteiger partial charge in [0.2, 0.25) is 0 Å². The Morgan fingerprint density at radius 2 is 1.94 bits per heavy atom. The largest absolute Gasteiger partial charge is 0.493 e. The highest BCUT2D eigenvalue weighted by Gasteiger charge is 2.35. The minimum Gasteiger partial charge on any atom is -0.493 e. The molecule has 1 saturated heterocycles. The van der Waals surface area contributed by atoms with E-state index in [9.17, 15) is 19.2 Å². The molecule has 0 saturated carbocycles. The summed E-state index contributed by atoms with van der Waals surface area (Å²) in [6.45, 7) is 0.124. The number of imide groups is 1. The first-order chi connectivity index (χ1) is 17.3. The van der Waals surface area contributed by atoms with E-state index < -0.39 is 17.0 Å². The van der Waals surface area contributed by atoms with Crippen molar-refractivity contribution in [1.82, 2.24) is 4.90 Å². The van der Waals surface area contributed by atoms with Gasteiger partial charge in [-0.25, -0.2) is 4.39 Å². The quantitative estimate of drug-likeness (QED) is 0.211. The predicted octanol–water partition coefficient (Wildman–Crippen LogP) is 6.78. The molecule has 0 unspecified atom stereocenters. The molecule has 6 nitrogen and oxygen atoms in total. The molecule has 0 N–H and O–H groups in total. The average Bonchev–Trinajstić information content (AvgIpc) is 3.12. The van der Waals surface area contributed by atoms with Gasteiger partial charge in [0.25, 0.3) is 11.1 Å². The Hall–Kier alpha value is -3.07. The highest BCUT2D eigenvalue weighted by molar-refractivity contribution is 14.1. The minimum absolute atomic E-state index is 0.0566. The summed E-state index contributed by atoms with van der Waals surface area (Å²) in [6, 6.07) is 16.6. The number of methoxy groups -OCH3 is 1. The number of hydrogen-bond acceptors (Lipinski definition) is 6. The molecule has 1 aliphatic rings. The second-order valence-corrected chi connectivity index (χ2v) is 10.2. The third-order valence-corrected chi connectivity index (χ3v) is 7.34. The fourth-order valence-electron chi connectivity index (χ4n) is 3.48. The smallest absolute Gasteiger partial charge is 0.293 e. The number of thioether (sulfide) groups is 1. The Morgan fingerprint density at radius 1 is 1.17 bits per heavy atom. The molecule has 0 spiro atoms. The maximum atomic E-state index is 13.3. The van der Waals surface area contributed by atoms with Gasteiger partial charge in [-0.2, -0.15) is 5.26 Å². The van der Waals surface area contributed by atoms with Crippen molar-refractivity contribution in [2.75, 3.05) is 7.11 Å². The second-order valence-electron chi connectivity index (χ2n) is 7.60. The number of ether oxygens (including phenoxy) is 2. The van der Waals surface area contributed by atoms with Gasteiger partial charge in [0.05, 0.1) is 33.8 Å². The molecule has 36 heavy (non-hydrogen) atoms. The lowest BCUT2D eigenvalue weighted by molar-refractivity contribution is -0.123. The Kier molecular flexibility index (Phi) is 8.18. The van der Waals surface area contributed by atoms with Crippen LogP contribution in [0.2, 0.25) is 5.02 Å². The Morgan fingerprint density at radius 3 is 2.67 bits per heavy atom. The third kappa shape index (κ3) is 5.67. The van der Waals surface area contributed by atoms with Gasteiger partial charge < -0.3 is 9.47 Å². The second kappa shape index (κ2) is 11.3. The SMILES string of the molecule is COc1cc(/C=C2\SC(=O)N(Cc3ccc(F)cc3Cl)C2=O)cc(I)c1OCc1ccccc1C#N. The van der Waals surface area contributed by atoms with Crippen LogP contribution in [0.25, 0.3) is 6.08 Å². The summed E-state index contributed by atoms with van der Waals surface area (Å²) in [6.07, 6.45) is 1.61. The Bertz CT molecular complexity index is 1440. The van der Waals surface area contributed by atoms with Gasteiger partial charge in [-0.3, -0.25) is 14.5 Å². The van der Waals surface area contributed by atoms with Crippen LogP contribution in [0.3, 0.4) is 0 Å². The van der Waals surface area contributed by atoms with E-state index in [0.29, 0.717) is 28.2 Å². The number of carbonyl (C=O) groups excluding carboxylic acids is 2. The number of benzene rings is 3. The fourth-order valence-corrected chi connectivity index (χ4v) is 5.32. The first-order valence-electron chi connectivity index (χ1n) is 10.5. The summed E-state index contributed by atoms with van der Waals surface area (Å²) in [4.78, 5) is 26.8. The van der Waals surface area contributed by atoms with E-state index >= 15 is 0 Å². The van der Waals surface area contributed by atoms with Crippen LogP contribution in [0.4, 0.5) is 9.18 Å². The topological polar surface area (TPSA) is 79.6 Å². The molecule has 1 heterocycles. The van der Waals surface area contributed by atoms with E-state index in [1.54, 1.807) is 30.3 Å². The minimum atomic E-state index is -0.497. The van der Waals surface area contributed by atoms with E-state index in [4.69, 9.17) is 21.1 Å². The Balaban J connectivity index is 1.55. The van der Waals surface area contributed by atoms with Crippen molar-refractivity contribution in [3.05, 3.63) is 96.2 Å². The van der Waals surface area contributed by atoms with Crippen molar-refractivity contribution in [3.8, 4) is 17.6 Å². The molecule has 1 fully saturated rings. The van der Waals surface area contributed by atoms with Gasteiger partial charge in [0.15, 0.2) is 11.5 Å². The predicted molar refractivity (Wildman–Crippen MR) is 144 cm³/mol. The van der Waals surface area contributed by atoms with Crippen LogP contribution in [-0.2, 0) is 17.9 Å². The molecule has 2 amide bonds. The van der Waals surface area contributed by atoms with Crippen LogP contribution < -0.4 is 9.47 Å². The first-order valence-corrected chi connectivity index (χ1v) is 12.8. The maximum absolute atomic E-state index is 13.3. The van der Waals surface area contributed by atoms with Crippen molar-refractivity contribution < 1.29 is 23.5 Å². The van der Waals surface area contributed by atoms with Crippen molar-refractivity contribution in [3.63, 3.8) is 0 Å². The molecule has 0 aliphatic carbocycles. The molecule has 3 aromatic carbocycles. The van der Waals surface area contributed by atoms with Crippen LogP contribution in [-0.4, -0.2) is 23.2 Å². The van der Waals surface area contributed by atoms with Crippen molar-refractivity contribution in [1.29, 1.82) is 5.26 Å². The molecule has 4 rings (SSSR count). The van der Waals surface area contributed by atoms with Gasteiger partial charge in [-0.15, -0.1) is 0 Å². The highest BCUT2D eigenvalue weighted by atomic mass is 127. The summed E-state index contributed by atoms with van der Waals surface area (Å²) in [5, 5.41) is 9.00. The summed E-state index contributed by atoms with van der Waals surface area (Å²) in [5.74, 6) is -0.0159. The average molecular weight is 635 g/mol. The van der Waals surface area contributed by atoms with E-state index in [1.165, 1.54) is 19.2 Å². The highest BCUT2D eigenvalue weighted by Crippen LogP contribution is 2.38. The van der Waals surface area contributed by atoms with Gasteiger partial charge in [0.1, 0.15) is 12.4 Å². The van der Waals surface area contributed by atoms with Crippen LogP contribution in [0, 0.1) is 20.7 Å². The molecule has 10 heteroatoms. The summed E-state index contributed by atoms with van der Waals surface area (Å²) in [5.41, 5.74) is 2.39. The summed E-state index contributed by atoms with van der Waals surface area (Å²) >= 11 is 8.98. The van der Waals surface area contributed by atoms with E-state index in [-0.39, 0.29) is 23.1 Å². The molecule has 3 aromatic rings. The van der Waals surface area contributed by atoms with E-state index in [1.807, 2.05) is 12.1 Å². The Labute approximate surface area is 229 Å². The zero-order chi connectivity index (χ0) is 25.8. The van der Waals surface area contributed by atoms with Crippen LogP contribution in [0.1, 0.15) is 22.3 Å². The fraction of sp³-hybridized carbons (Fsp3) is 0.115. The number of carbonyl (C=O) groups is 2. The normalized spacial score (nSPS) is 14.3. The van der Waals surface area contributed by atoms with Crippen molar-refractivity contribution in [2.45, 2.75) is 13.2 Å². The van der Waals surface area contributed by atoms with Crippen molar-refractivity contribution >= 4 is 63.2 Å². The van der Waals surface area contributed by atoms with Crippen molar-refractivity contribution in [2.24, 2.45) is 0 Å². The van der Waals surface area contributed by atoms with Gasteiger partial charge in [-0.05, 0) is 81.9 Å². The number of halogens is 3.